The molecule has 0 radical (unpaired) electrons. The average molecular weight is 920 g/mol. The Hall–Kier alpha value is -1.59. The summed E-state index contributed by atoms with van der Waals surface area (Å²) in [5.41, 5.74) is 0. The molecular weight excluding hydrogens is 805 g/mol. The van der Waals surface area contributed by atoms with E-state index < -0.39 is 6.10 Å². The Kier molecular flexibility index (Phi) is 49.1. The van der Waals surface area contributed by atoms with E-state index in [1.54, 1.807) is 0 Å². The molecule has 6 nitrogen and oxygen atoms in total. The second kappa shape index (κ2) is 50.3. The number of carbonyl (C=O) groups is 3. The van der Waals surface area contributed by atoms with Crippen LogP contribution in [0.4, 0.5) is 0 Å². The molecule has 0 heterocycles. The van der Waals surface area contributed by atoms with E-state index in [1.165, 1.54) is 205 Å². The summed E-state index contributed by atoms with van der Waals surface area (Å²) >= 11 is 0. The van der Waals surface area contributed by atoms with Gasteiger partial charge in [0, 0.05) is 19.3 Å². The third-order valence-corrected chi connectivity index (χ3v) is 13.8. The fourth-order valence-electron chi connectivity index (χ4n) is 8.97. The topological polar surface area (TPSA) is 78.9 Å². The third-order valence-electron chi connectivity index (χ3n) is 13.8. The Bertz CT molecular complexity index is 1010. The quantitative estimate of drug-likeness (QED) is 0.0344. The van der Waals surface area contributed by atoms with Crippen molar-refractivity contribution in [2.75, 3.05) is 13.2 Å². The summed E-state index contributed by atoms with van der Waals surface area (Å²) in [6.07, 6.45) is 52.6. The van der Waals surface area contributed by atoms with Crippen LogP contribution >= 0.6 is 0 Å². The first-order valence-electron chi connectivity index (χ1n) is 29.1. The average Bonchev–Trinajstić information content (AvgIpc) is 3.28. The second-order valence-corrected chi connectivity index (χ2v) is 21.5. The van der Waals surface area contributed by atoms with Crippen molar-refractivity contribution in [3.63, 3.8) is 0 Å². The van der Waals surface area contributed by atoms with Gasteiger partial charge in [-0.15, -0.1) is 0 Å². The van der Waals surface area contributed by atoms with E-state index in [0.717, 1.165) is 75.5 Å². The number of unbranched alkanes of at least 4 members (excludes halogenated alkanes) is 34. The van der Waals surface area contributed by atoms with E-state index >= 15 is 0 Å². The lowest BCUT2D eigenvalue weighted by atomic mass is 9.99. The zero-order valence-electron chi connectivity index (χ0n) is 44.8. The molecule has 0 saturated carbocycles. The molecule has 65 heavy (non-hydrogen) atoms. The highest BCUT2D eigenvalue weighted by Crippen LogP contribution is 2.19. The predicted octanol–water partition coefficient (Wildman–Crippen LogP) is 19.1. The third kappa shape index (κ3) is 51.6. The molecular formula is C59H114O6. The molecule has 2 atom stereocenters. The van der Waals surface area contributed by atoms with E-state index in [1.807, 2.05) is 0 Å². The van der Waals surface area contributed by atoms with Gasteiger partial charge in [0.05, 0.1) is 0 Å². The van der Waals surface area contributed by atoms with Crippen LogP contribution in [0.15, 0.2) is 0 Å². The van der Waals surface area contributed by atoms with Gasteiger partial charge in [-0.3, -0.25) is 14.4 Å². The van der Waals surface area contributed by atoms with Gasteiger partial charge in [0.2, 0.25) is 0 Å². The Balaban J connectivity index is 4.15. The van der Waals surface area contributed by atoms with E-state index in [4.69, 9.17) is 14.2 Å². The summed E-state index contributed by atoms with van der Waals surface area (Å²) in [6, 6.07) is 0. The van der Waals surface area contributed by atoms with Crippen LogP contribution in [0.5, 0.6) is 0 Å². The van der Waals surface area contributed by atoms with Crippen LogP contribution in [-0.4, -0.2) is 37.2 Å². The summed E-state index contributed by atoms with van der Waals surface area (Å²) in [6.45, 7) is 13.7. The molecule has 0 saturated heterocycles. The number of esters is 3. The largest absolute Gasteiger partial charge is 0.462 e. The smallest absolute Gasteiger partial charge is 0.306 e. The molecule has 0 amide bonds. The number of hydrogen-bond donors (Lipinski definition) is 0. The lowest BCUT2D eigenvalue weighted by Gasteiger charge is -2.18. The van der Waals surface area contributed by atoms with Gasteiger partial charge in [0.25, 0.3) is 0 Å². The molecule has 386 valence electrons. The lowest BCUT2D eigenvalue weighted by Crippen LogP contribution is -2.30. The first kappa shape index (κ1) is 63.4. The number of hydrogen-bond acceptors (Lipinski definition) is 6. The Morgan fingerprint density at radius 3 is 0.800 bits per heavy atom. The fourth-order valence-corrected chi connectivity index (χ4v) is 8.97. The van der Waals surface area contributed by atoms with Gasteiger partial charge in [-0.05, 0) is 37.0 Å². The van der Waals surface area contributed by atoms with E-state index in [2.05, 4.69) is 41.5 Å². The van der Waals surface area contributed by atoms with E-state index in [-0.39, 0.29) is 31.1 Å². The zero-order chi connectivity index (χ0) is 47.7. The van der Waals surface area contributed by atoms with Crippen LogP contribution in [0, 0.1) is 17.8 Å². The summed E-state index contributed by atoms with van der Waals surface area (Å²) in [7, 11) is 0. The SMILES string of the molecule is CCC(C)CCCCCCCCCCCCCCCCCCCCC(=O)OC[C@@H](COC(=O)CCCCCCCCCCCCCCCC(C)C)OC(=O)CCCCCCCCC(C)C. The minimum absolute atomic E-state index is 0.0647. The maximum Gasteiger partial charge on any atom is 0.306 e. The summed E-state index contributed by atoms with van der Waals surface area (Å²) in [5.74, 6) is 1.66. The van der Waals surface area contributed by atoms with Crippen molar-refractivity contribution in [2.24, 2.45) is 17.8 Å². The first-order valence-corrected chi connectivity index (χ1v) is 29.1. The van der Waals surface area contributed by atoms with Crippen molar-refractivity contribution in [1.29, 1.82) is 0 Å². The standard InChI is InChI=1S/C59H114O6/c1-7-55(6)47-41-35-28-24-20-16-12-10-8-9-11-13-17-21-25-29-36-42-48-57(60)63-51-56(65-59(62)50-44-38-32-31-34-40-46-54(4)5)52-64-58(61)49-43-37-30-26-22-18-14-15-19-23-27-33-39-45-53(2)3/h53-56H,7-52H2,1-6H3/t55?,56-/m0/s1. The van der Waals surface area contributed by atoms with Crippen LogP contribution in [0.25, 0.3) is 0 Å². The van der Waals surface area contributed by atoms with Crippen LogP contribution in [-0.2, 0) is 28.6 Å². The molecule has 0 aromatic rings. The van der Waals surface area contributed by atoms with Crippen LogP contribution in [0.1, 0.15) is 324 Å². The number of ether oxygens (including phenoxy) is 3. The van der Waals surface area contributed by atoms with E-state index in [9.17, 15) is 14.4 Å². The second-order valence-electron chi connectivity index (χ2n) is 21.5. The fraction of sp³-hybridized carbons (Fsp3) is 0.949. The van der Waals surface area contributed by atoms with Crippen molar-refractivity contribution in [3.05, 3.63) is 0 Å². The van der Waals surface area contributed by atoms with Gasteiger partial charge in [-0.25, -0.2) is 0 Å². The Labute approximate surface area is 406 Å². The lowest BCUT2D eigenvalue weighted by molar-refractivity contribution is -0.167. The van der Waals surface area contributed by atoms with Crippen LogP contribution in [0.2, 0.25) is 0 Å². The molecule has 0 aromatic carbocycles. The highest BCUT2D eigenvalue weighted by atomic mass is 16.6. The molecule has 1 unspecified atom stereocenters. The minimum atomic E-state index is -0.764. The molecule has 0 N–H and O–H groups in total. The molecule has 6 heteroatoms. The van der Waals surface area contributed by atoms with Crippen LogP contribution in [0.3, 0.4) is 0 Å². The van der Waals surface area contributed by atoms with Gasteiger partial charge in [-0.2, -0.15) is 0 Å². The van der Waals surface area contributed by atoms with Crippen molar-refractivity contribution < 1.29 is 28.6 Å². The number of carbonyl (C=O) groups excluding carboxylic acids is 3. The molecule has 0 fully saturated rings. The molecule has 0 aliphatic heterocycles. The van der Waals surface area contributed by atoms with Gasteiger partial charge in [-0.1, -0.05) is 286 Å². The molecule has 0 bridgehead atoms. The first-order chi connectivity index (χ1) is 31.6. The highest BCUT2D eigenvalue weighted by Gasteiger charge is 2.19. The summed E-state index contributed by atoms with van der Waals surface area (Å²) in [4.78, 5) is 38.0. The molecule has 0 aliphatic carbocycles. The summed E-state index contributed by atoms with van der Waals surface area (Å²) < 4.78 is 16.8. The van der Waals surface area contributed by atoms with Gasteiger partial charge in [0.15, 0.2) is 6.10 Å². The van der Waals surface area contributed by atoms with Gasteiger partial charge < -0.3 is 14.2 Å². The normalized spacial score (nSPS) is 12.6. The van der Waals surface area contributed by atoms with E-state index in [0.29, 0.717) is 19.3 Å². The Morgan fingerprint density at radius 2 is 0.538 bits per heavy atom. The Morgan fingerprint density at radius 1 is 0.308 bits per heavy atom. The molecule has 0 aromatic heterocycles. The predicted molar refractivity (Wildman–Crippen MR) is 279 cm³/mol. The maximum atomic E-state index is 12.8. The highest BCUT2D eigenvalue weighted by molar-refractivity contribution is 5.71. The number of rotatable bonds is 52. The van der Waals surface area contributed by atoms with Gasteiger partial charge in [0.1, 0.15) is 13.2 Å². The molecule has 0 aliphatic rings. The van der Waals surface area contributed by atoms with Crippen molar-refractivity contribution in [3.8, 4) is 0 Å². The molecule has 0 spiro atoms. The molecule has 0 rings (SSSR count). The van der Waals surface area contributed by atoms with Crippen LogP contribution < -0.4 is 0 Å². The van der Waals surface area contributed by atoms with Crippen molar-refractivity contribution in [2.45, 2.75) is 330 Å². The monoisotopic (exact) mass is 919 g/mol. The van der Waals surface area contributed by atoms with Crippen molar-refractivity contribution >= 4 is 17.9 Å². The zero-order valence-corrected chi connectivity index (χ0v) is 44.8. The van der Waals surface area contributed by atoms with Crippen molar-refractivity contribution in [1.82, 2.24) is 0 Å². The summed E-state index contributed by atoms with van der Waals surface area (Å²) in [5, 5.41) is 0. The van der Waals surface area contributed by atoms with Gasteiger partial charge >= 0.3 is 17.9 Å². The minimum Gasteiger partial charge on any atom is -0.462 e. The maximum absolute atomic E-state index is 12.8.